The molecular formula is C16H23N3O2. The van der Waals surface area contributed by atoms with Gasteiger partial charge in [0.2, 0.25) is 5.91 Å². The van der Waals surface area contributed by atoms with Crippen LogP contribution in [0.2, 0.25) is 0 Å². The molecule has 1 aliphatic heterocycles. The van der Waals surface area contributed by atoms with Crippen LogP contribution in [-0.4, -0.2) is 52.8 Å². The molecule has 0 aromatic carbocycles. The van der Waals surface area contributed by atoms with Crippen LogP contribution >= 0.6 is 0 Å². The fourth-order valence-corrected chi connectivity index (χ4v) is 2.50. The summed E-state index contributed by atoms with van der Waals surface area (Å²) >= 11 is 0. The minimum Gasteiger partial charge on any atom is -0.341 e. The molecule has 2 amide bonds. The molecular weight excluding hydrogens is 266 g/mol. The number of aromatic nitrogens is 1. The number of carbonyl (C=O) groups excluding carboxylic acids is 2. The maximum Gasteiger partial charge on any atom is 0.272 e. The van der Waals surface area contributed by atoms with Gasteiger partial charge >= 0.3 is 0 Å². The summed E-state index contributed by atoms with van der Waals surface area (Å²) in [6, 6.07) is 5.34. The molecule has 1 saturated heterocycles. The van der Waals surface area contributed by atoms with Gasteiger partial charge in [-0.2, -0.15) is 0 Å². The molecule has 0 bridgehead atoms. The number of hydrogen-bond donors (Lipinski definition) is 0. The second kappa shape index (κ2) is 7.20. The second-order valence-corrected chi connectivity index (χ2v) is 5.84. The predicted octanol–water partition coefficient (Wildman–Crippen LogP) is 1.80. The standard InChI is InChI=1S/C16H23N3O2/c1-13(2)12-15(20)18-8-5-9-19(11-10-18)16(21)14-6-3-4-7-17-14/h3-4,6-7,13H,5,8-12H2,1-2H3. The van der Waals surface area contributed by atoms with Gasteiger partial charge in [-0.25, -0.2) is 0 Å². The van der Waals surface area contributed by atoms with Crippen LogP contribution in [-0.2, 0) is 4.79 Å². The van der Waals surface area contributed by atoms with Crippen molar-refractivity contribution in [3.63, 3.8) is 0 Å². The summed E-state index contributed by atoms with van der Waals surface area (Å²) in [5, 5.41) is 0. The van der Waals surface area contributed by atoms with Crippen molar-refractivity contribution in [1.82, 2.24) is 14.8 Å². The molecule has 2 rings (SSSR count). The van der Waals surface area contributed by atoms with Crippen LogP contribution in [0.4, 0.5) is 0 Å². The van der Waals surface area contributed by atoms with Crippen molar-refractivity contribution in [3.05, 3.63) is 30.1 Å². The first-order chi connectivity index (χ1) is 10.1. The normalized spacial score (nSPS) is 16.0. The third-order valence-electron chi connectivity index (χ3n) is 3.60. The van der Waals surface area contributed by atoms with E-state index in [0.717, 1.165) is 13.0 Å². The molecule has 1 aromatic heterocycles. The lowest BCUT2D eigenvalue weighted by molar-refractivity contribution is -0.131. The fourth-order valence-electron chi connectivity index (χ4n) is 2.50. The maximum atomic E-state index is 12.4. The van der Waals surface area contributed by atoms with E-state index in [0.29, 0.717) is 37.7 Å². The fraction of sp³-hybridized carbons (Fsp3) is 0.562. The molecule has 0 N–H and O–H groups in total. The van der Waals surface area contributed by atoms with Crippen molar-refractivity contribution in [2.45, 2.75) is 26.7 Å². The van der Waals surface area contributed by atoms with Crippen LogP contribution in [0.1, 0.15) is 37.2 Å². The van der Waals surface area contributed by atoms with Gasteiger partial charge in [-0.05, 0) is 24.5 Å². The molecule has 21 heavy (non-hydrogen) atoms. The molecule has 114 valence electrons. The molecule has 1 aliphatic rings. The molecule has 2 heterocycles. The van der Waals surface area contributed by atoms with E-state index in [1.807, 2.05) is 24.8 Å². The molecule has 0 aliphatic carbocycles. The van der Waals surface area contributed by atoms with Crippen LogP contribution < -0.4 is 0 Å². The van der Waals surface area contributed by atoms with Gasteiger partial charge in [0.1, 0.15) is 5.69 Å². The summed E-state index contributed by atoms with van der Waals surface area (Å²) in [6.45, 7) is 6.71. The zero-order valence-corrected chi connectivity index (χ0v) is 12.8. The minimum atomic E-state index is -0.0474. The molecule has 0 spiro atoms. The molecule has 0 radical (unpaired) electrons. The number of hydrogen-bond acceptors (Lipinski definition) is 3. The topological polar surface area (TPSA) is 53.5 Å². The van der Waals surface area contributed by atoms with Gasteiger partial charge in [0.15, 0.2) is 0 Å². The monoisotopic (exact) mass is 289 g/mol. The van der Waals surface area contributed by atoms with Crippen LogP contribution in [0.15, 0.2) is 24.4 Å². The Bertz CT molecular complexity index is 488. The summed E-state index contributed by atoms with van der Waals surface area (Å²) in [4.78, 5) is 32.3. The molecule has 1 aromatic rings. The Morgan fingerprint density at radius 3 is 2.52 bits per heavy atom. The average Bonchev–Trinajstić information content (AvgIpc) is 2.72. The second-order valence-electron chi connectivity index (χ2n) is 5.84. The van der Waals surface area contributed by atoms with Crippen molar-refractivity contribution in [1.29, 1.82) is 0 Å². The summed E-state index contributed by atoms with van der Waals surface area (Å²) in [7, 11) is 0. The van der Waals surface area contributed by atoms with Gasteiger partial charge in [0.25, 0.3) is 5.91 Å². The smallest absolute Gasteiger partial charge is 0.272 e. The zero-order chi connectivity index (χ0) is 15.2. The van der Waals surface area contributed by atoms with Gasteiger partial charge in [0, 0.05) is 38.8 Å². The van der Waals surface area contributed by atoms with E-state index >= 15 is 0 Å². The van der Waals surface area contributed by atoms with E-state index in [4.69, 9.17) is 0 Å². The SMILES string of the molecule is CC(C)CC(=O)N1CCCN(C(=O)c2ccccn2)CC1. The highest BCUT2D eigenvalue weighted by molar-refractivity contribution is 5.92. The van der Waals surface area contributed by atoms with E-state index in [9.17, 15) is 9.59 Å². The Kier molecular flexibility index (Phi) is 5.31. The van der Waals surface area contributed by atoms with Crippen LogP contribution in [0.3, 0.4) is 0 Å². The number of pyridine rings is 1. The number of rotatable bonds is 3. The van der Waals surface area contributed by atoms with Crippen molar-refractivity contribution in [2.75, 3.05) is 26.2 Å². The van der Waals surface area contributed by atoms with Gasteiger partial charge in [-0.3, -0.25) is 14.6 Å². The van der Waals surface area contributed by atoms with Crippen molar-refractivity contribution < 1.29 is 9.59 Å². The van der Waals surface area contributed by atoms with Crippen molar-refractivity contribution >= 4 is 11.8 Å². The van der Waals surface area contributed by atoms with Crippen molar-refractivity contribution in [3.8, 4) is 0 Å². The highest BCUT2D eigenvalue weighted by atomic mass is 16.2. The molecule has 5 nitrogen and oxygen atoms in total. The van der Waals surface area contributed by atoms with E-state index < -0.39 is 0 Å². The Morgan fingerprint density at radius 2 is 1.86 bits per heavy atom. The Balaban J connectivity index is 1.95. The minimum absolute atomic E-state index is 0.0474. The van der Waals surface area contributed by atoms with Crippen molar-refractivity contribution in [2.24, 2.45) is 5.92 Å². The number of amides is 2. The van der Waals surface area contributed by atoms with E-state index in [2.05, 4.69) is 4.98 Å². The zero-order valence-electron chi connectivity index (χ0n) is 12.8. The lowest BCUT2D eigenvalue weighted by Crippen LogP contribution is -2.37. The first-order valence-corrected chi connectivity index (χ1v) is 7.56. The average molecular weight is 289 g/mol. The van der Waals surface area contributed by atoms with Gasteiger partial charge in [-0.15, -0.1) is 0 Å². The van der Waals surface area contributed by atoms with Crippen LogP contribution in [0, 0.1) is 5.92 Å². The summed E-state index contributed by atoms with van der Waals surface area (Å²) < 4.78 is 0. The third-order valence-corrected chi connectivity index (χ3v) is 3.60. The number of carbonyl (C=O) groups is 2. The Morgan fingerprint density at radius 1 is 1.14 bits per heavy atom. The highest BCUT2D eigenvalue weighted by Crippen LogP contribution is 2.10. The quantitative estimate of drug-likeness (QED) is 0.852. The maximum absolute atomic E-state index is 12.4. The largest absolute Gasteiger partial charge is 0.341 e. The van der Waals surface area contributed by atoms with Gasteiger partial charge in [0.05, 0.1) is 0 Å². The van der Waals surface area contributed by atoms with E-state index in [1.165, 1.54) is 0 Å². The predicted molar refractivity (Wildman–Crippen MR) is 80.8 cm³/mol. The molecule has 1 fully saturated rings. The van der Waals surface area contributed by atoms with Crippen LogP contribution in [0.5, 0.6) is 0 Å². The van der Waals surface area contributed by atoms with Gasteiger partial charge < -0.3 is 9.80 Å². The van der Waals surface area contributed by atoms with E-state index in [1.54, 1.807) is 23.2 Å². The summed E-state index contributed by atoms with van der Waals surface area (Å²) in [6.07, 6.45) is 3.03. The Hall–Kier alpha value is -1.91. The molecule has 0 saturated carbocycles. The van der Waals surface area contributed by atoms with E-state index in [-0.39, 0.29) is 11.8 Å². The lowest BCUT2D eigenvalue weighted by atomic mass is 10.1. The van der Waals surface area contributed by atoms with Crippen LogP contribution in [0.25, 0.3) is 0 Å². The first-order valence-electron chi connectivity index (χ1n) is 7.56. The Labute approximate surface area is 126 Å². The number of nitrogens with zero attached hydrogens (tertiary/aromatic N) is 3. The highest BCUT2D eigenvalue weighted by Gasteiger charge is 2.23. The molecule has 5 heteroatoms. The summed E-state index contributed by atoms with van der Waals surface area (Å²) in [5.41, 5.74) is 0.472. The molecule has 0 atom stereocenters. The van der Waals surface area contributed by atoms with Gasteiger partial charge in [-0.1, -0.05) is 19.9 Å². The first kappa shape index (κ1) is 15.5. The summed E-state index contributed by atoms with van der Waals surface area (Å²) in [5.74, 6) is 0.512. The lowest BCUT2D eigenvalue weighted by Gasteiger charge is -2.22. The third kappa shape index (κ3) is 4.28. The molecule has 0 unspecified atom stereocenters.